The van der Waals surface area contributed by atoms with E-state index in [2.05, 4.69) is 19.1 Å². The van der Waals surface area contributed by atoms with Crippen LogP contribution in [0.1, 0.15) is 24.5 Å². The van der Waals surface area contributed by atoms with Crippen LogP contribution in [0.2, 0.25) is 5.02 Å². The Kier molecular flexibility index (Phi) is 2.80. The molecule has 1 aliphatic rings. The third-order valence-corrected chi connectivity index (χ3v) is 3.41. The van der Waals surface area contributed by atoms with Gasteiger partial charge in [0.1, 0.15) is 0 Å². The van der Waals surface area contributed by atoms with Gasteiger partial charge in [0.15, 0.2) is 0 Å². The molecule has 0 spiro atoms. The Bertz CT molecular complexity index is 333. The topological polar surface area (TPSA) is 26.0 Å². The smallest absolute Gasteiger partial charge is 0.0408 e. The van der Waals surface area contributed by atoms with Crippen molar-refractivity contribution in [3.8, 4) is 0 Å². The minimum Gasteiger partial charge on any atom is -0.328 e. The van der Waals surface area contributed by atoms with Crippen molar-refractivity contribution < 1.29 is 0 Å². The molecule has 76 valence electrons. The molecule has 2 N–H and O–H groups in total. The molecular formula is C12H16ClN. The molecule has 1 aliphatic carbocycles. The van der Waals surface area contributed by atoms with Gasteiger partial charge in [-0.3, -0.25) is 0 Å². The first-order valence-electron chi connectivity index (χ1n) is 5.19. The Balaban J connectivity index is 2.23. The summed E-state index contributed by atoms with van der Waals surface area (Å²) >= 11 is 5.95. The van der Waals surface area contributed by atoms with Gasteiger partial charge in [-0.1, -0.05) is 17.7 Å². The summed E-state index contributed by atoms with van der Waals surface area (Å²) in [5, 5.41) is 0.850. The molecule has 1 aromatic rings. The molecule has 0 amide bonds. The second-order valence-electron chi connectivity index (χ2n) is 4.28. The Morgan fingerprint density at radius 2 is 2.21 bits per heavy atom. The van der Waals surface area contributed by atoms with Gasteiger partial charge in [0.2, 0.25) is 0 Å². The predicted molar refractivity (Wildman–Crippen MR) is 60.6 cm³/mol. The average Bonchev–Trinajstić information content (AvgIpc) is 2.16. The van der Waals surface area contributed by atoms with E-state index in [-0.39, 0.29) is 0 Å². The van der Waals surface area contributed by atoms with E-state index in [0.717, 1.165) is 17.9 Å². The fourth-order valence-corrected chi connectivity index (χ4v) is 2.40. The lowest BCUT2D eigenvalue weighted by atomic mass is 9.81. The maximum atomic E-state index is 5.95. The zero-order chi connectivity index (χ0) is 10.1. The van der Waals surface area contributed by atoms with Crippen molar-refractivity contribution in [1.29, 1.82) is 0 Å². The molecule has 0 bridgehead atoms. The summed E-state index contributed by atoms with van der Waals surface area (Å²) in [5.41, 5.74) is 8.77. The quantitative estimate of drug-likeness (QED) is 0.757. The molecule has 2 unspecified atom stereocenters. The number of fused-ring (bicyclic) bond motifs is 1. The number of benzene rings is 1. The van der Waals surface area contributed by atoms with E-state index in [0.29, 0.717) is 12.0 Å². The predicted octanol–water partition coefficient (Wildman–Crippen LogP) is 2.79. The van der Waals surface area contributed by atoms with Crippen LogP contribution in [-0.2, 0) is 12.8 Å². The third kappa shape index (κ3) is 1.94. The van der Waals surface area contributed by atoms with Gasteiger partial charge in [-0.15, -0.1) is 0 Å². The maximum Gasteiger partial charge on any atom is 0.0408 e. The first kappa shape index (κ1) is 10.0. The fourth-order valence-electron chi connectivity index (χ4n) is 2.20. The summed E-state index contributed by atoms with van der Waals surface area (Å²) in [4.78, 5) is 0. The van der Waals surface area contributed by atoms with Gasteiger partial charge in [-0.25, -0.2) is 0 Å². The molecule has 0 aliphatic heterocycles. The van der Waals surface area contributed by atoms with Gasteiger partial charge in [0.25, 0.3) is 0 Å². The molecule has 0 saturated heterocycles. The van der Waals surface area contributed by atoms with Gasteiger partial charge in [0.05, 0.1) is 0 Å². The van der Waals surface area contributed by atoms with Gasteiger partial charge >= 0.3 is 0 Å². The molecule has 0 saturated carbocycles. The largest absolute Gasteiger partial charge is 0.328 e. The monoisotopic (exact) mass is 209 g/mol. The second kappa shape index (κ2) is 3.92. The second-order valence-corrected chi connectivity index (χ2v) is 4.71. The first-order valence-corrected chi connectivity index (χ1v) is 5.57. The van der Waals surface area contributed by atoms with Crippen molar-refractivity contribution in [1.82, 2.24) is 0 Å². The number of rotatable bonds is 1. The Morgan fingerprint density at radius 1 is 1.43 bits per heavy atom. The fraction of sp³-hybridized carbons (Fsp3) is 0.500. The van der Waals surface area contributed by atoms with Gasteiger partial charge < -0.3 is 5.73 Å². The SMILES string of the molecule is CC(N)C1CCc2cc(Cl)ccc2C1. The normalized spacial score (nSPS) is 22.9. The lowest BCUT2D eigenvalue weighted by Gasteiger charge is -2.27. The number of hydrogen-bond donors (Lipinski definition) is 1. The van der Waals surface area contributed by atoms with Crippen molar-refractivity contribution in [3.63, 3.8) is 0 Å². The number of aryl methyl sites for hydroxylation is 1. The van der Waals surface area contributed by atoms with Gasteiger partial charge in [0, 0.05) is 11.1 Å². The van der Waals surface area contributed by atoms with Gasteiger partial charge in [-0.2, -0.15) is 0 Å². The van der Waals surface area contributed by atoms with Crippen LogP contribution in [0.3, 0.4) is 0 Å². The minimum absolute atomic E-state index is 0.304. The summed E-state index contributed by atoms with van der Waals surface area (Å²) in [6.45, 7) is 2.10. The maximum absolute atomic E-state index is 5.95. The molecule has 0 aromatic heterocycles. The number of halogens is 1. The Morgan fingerprint density at radius 3 is 2.93 bits per heavy atom. The molecule has 0 heterocycles. The zero-order valence-electron chi connectivity index (χ0n) is 8.46. The van der Waals surface area contributed by atoms with Crippen LogP contribution in [0.5, 0.6) is 0 Å². The molecule has 2 heteroatoms. The van der Waals surface area contributed by atoms with Crippen LogP contribution in [0.4, 0.5) is 0 Å². The van der Waals surface area contributed by atoms with Crippen LogP contribution in [0, 0.1) is 5.92 Å². The van der Waals surface area contributed by atoms with Crippen molar-refractivity contribution in [2.45, 2.75) is 32.2 Å². The Labute approximate surface area is 90.3 Å². The average molecular weight is 210 g/mol. The molecule has 0 fully saturated rings. The number of hydrogen-bond acceptors (Lipinski definition) is 1. The van der Waals surface area contributed by atoms with E-state index < -0.39 is 0 Å². The lowest BCUT2D eigenvalue weighted by molar-refractivity contribution is 0.393. The molecule has 1 aromatic carbocycles. The summed E-state index contributed by atoms with van der Waals surface area (Å²) in [5.74, 6) is 0.642. The van der Waals surface area contributed by atoms with Crippen LogP contribution in [0.15, 0.2) is 18.2 Å². The van der Waals surface area contributed by atoms with Crippen molar-refractivity contribution in [2.75, 3.05) is 0 Å². The summed E-state index contributed by atoms with van der Waals surface area (Å²) in [7, 11) is 0. The highest BCUT2D eigenvalue weighted by Crippen LogP contribution is 2.28. The van der Waals surface area contributed by atoms with E-state index in [1.165, 1.54) is 17.5 Å². The molecule has 2 atom stereocenters. The van der Waals surface area contributed by atoms with E-state index in [9.17, 15) is 0 Å². The van der Waals surface area contributed by atoms with Crippen LogP contribution >= 0.6 is 11.6 Å². The van der Waals surface area contributed by atoms with Crippen LogP contribution < -0.4 is 5.73 Å². The van der Waals surface area contributed by atoms with Crippen molar-refractivity contribution in [2.24, 2.45) is 11.7 Å². The summed E-state index contributed by atoms with van der Waals surface area (Å²) in [6.07, 6.45) is 3.44. The summed E-state index contributed by atoms with van der Waals surface area (Å²) < 4.78 is 0. The van der Waals surface area contributed by atoms with Crippen LogP contribution in [-0.4, -0.2) is 6.04 Å². The van der Waals surface area contributed by atoms with Gasteiger partial charge in [-0.05, 0) is 55.4 Å². The van der Waals surface area contributed by atoms with E-state index in [1.807, 2.05) is 6.07 Å². The minimum atomic E-state index is 0.304. The van der Waals surface area contributed by atoms with Crippen LogP contribution in [0.25, 0.3) is 0 Å². The highest BCUT2D eigenvalue weighted by atomic mass is 35.5. The highest BCUT2D eigenvalue weighted by Gasteiger charge is 2.21. The molecule has 14 heavy (non-hydrogen) atoms. The van der Waals surface area contributed by atoms with E-state index in [4.69, 9.17) is 17.3 Å². The standard InChI is InChI=1S/C12H16ClN/c1-8(14)9-2-3-11-7-12(13)5-4-10(11)6-9/h4-5,7-9H,2-3,6,14H2,1H3. The van der Waals surface area contributed by atoms with E-state index >= 15 is 0 Å². The first-order chi connectivity index (χ1) is 6.66. The lowest BCUT2D eigenvalue weighted by Crippen LogP contribution is -2.31. The molecule has 1 nitrogen and oxygen atoms in total. The zero-order valence-corrected chi connectivity index (χ0v) is 9.22. The summed E-state index contributed by atoms with van der Waals surface area (Å²) in [6, 6.07) is 6.52. The molecule has 2 rings (SSSR count). The third-order valence-electron chi connectivity index (χ3n) is 3.18. The Hall–Kier alpha value is -0.530. The highest BCUT2D eigenvalue weighted by molar-refractivity contribution is 6.30. The van der Waals surface area contributed by atoms with E-state index in [1.54, 1.807) is 0 Å². The van der Waals surface area contributed by atoms with Crippen molar-refractivity contribution in [3.05, 3.63) is 34.3 Å². The molecular weight excluding hydrogens is 194 g/mol. The number of nitrogens with two attached hydrogens (primary N) is 1. The van der Waals surface area contributed by atoms with Crippen molar-refractivity contribution >= 4 is 11.6 Å². The molecule has 0 radical (unpaired) electrons.